The van der Waals surface area contributed by atoms with Crippen LogP contribution in [0.5, 0.6) is 0 Å². The van der Waals surface area contributed by atoms with E-state index in [-0.39, 0.29) is 24.0 Å². The fraction of sp³-hybridized carbons (Fsp3) is 0.917. The summed E-state index contributed by atoms with van der Waals surface area (Å²) in [5.74, 6) is 2.76. The topological polar surface area (TPSA) is 36.4 Å². The minimum atomic E-state index is 0. The van der Waals surface area contributed by atoms with E-state index in [0.717, 1.165) is 37.4 Å². The molecule has 2 atom stereocenters. The molecule has 94 valence electrons. The molecule has 2 rings (SSSR count). The minimum Gasteiger partial charge on any atom is -0.356 e. The summed E-state index contributed by atoms with van der Waals surface area (Å²) in [4.78, 5) is 4.43. The SMILES string of the molecule is CC1CCCCC1CNC1=NCCCN1.I. The van der Waals surface area contributed by atoms with Gasteiger partial charge in [-0.2, -0.15) is 0 Å². The van der Waals surface area contributed by atoms with Crippen LogP contribution in [0.2, 0.25) is 0 Å². The number of rotatable bonds is 2. The second kappa shape index (κ2) is 7.35. The van der Waals surface area contributed by atoms with E-state index < -0.39 is 0 Å². The maximum Gasteiger partial charge on any atom is 0.191 e. The largest absolute Gasteiger partial charge is 0.356 e. The van der Waals surface area contributed by atoms with E-state index in [1.807, 2.05) is 0 Å². The van der Waals surface area contributed by atoms with Crippen LogP contribution in [0.15, 0.2) is 4.99 Å². The Labute approximate surface area is 116 Å². The Kier molecular flexibility index (Phi) is 6.46. The summed E-state index contributed by atoms with van der Waals surface area (Å²) >= 11 is 0. The van der Waals surface area contributed by atoms with Crippen LogP contribution in [0.3, 0.4) is 0 Å². The molecule has 0 aromatic heterocycles. The molecule has 0 aromatic carbocycles. The number of nitrogens with zero attached hydrogens (tertiary/aromatic N) is 1. The Morgan fingerprint density at radius 1 is 1.31 bits per heavy atom. The summed E-state index contributed by atoms with van der Waals surface area (Å²) in [6, 6.07) is 0. The van der Waals surface area contributed by atoms with Gasteiger partial charge in [-0.3, -0.25) is 4.99 Å². The normalized spacial score (nSPS) is 29.7. The molecule has 16 heavy (non-hydrogen) atoms. The molecule has 1 saturated carbocycles. The third-order valence-corrected chi connectivity index (χ3v) is 3.72. The van der Waals surface area contributed by atoms with Crippen LogP contribution < -0.4 is 10.6 Å². The molecule has 3 nitrogen and oxygen atoms in total. The third kappa shape index (κ3) is 4.11. The third-order valence-electron chi connectivity index (χ3n) is 3.72. The Morgan fingerprint density at radius 2 is 2.12 bits per heavy atom. The zero-order valence-electron chi connectivity index (χ0n) is 10.2. The van der Waals surface area contributed by atoms with Crippen molar-refractivity contribution in [2.24, 2.45) is 16.8 Å². The average molecular weight is 337 g/mol. The predicted octanol–water partition coefficient (Wildman–Crippen LogP) is 2.37. The second-order valence-electron chi connectivity index (χ2n) is 4.91. The molecule has 2 unspecified atom stereocenters. The van der Waals surface area contributed by atoms with Crippen molar-refractivity contribution in [2.75, 3.05) is 19.6 Å². The van der Waals surface area contributed by atoms with E-state index in [1.165, 1.54) is 32.1 Å². The number of hydrogen-bond donors (Lipinski definition) is 2. The van der Waals surface area contributed by atoms with E-state index in [9.17, 15) is 0 Å². The molecule has 1 aliphatic heterocycles. The molecular weight excluding hydrogens is 313 g/mol. The molecule has 0 radical (unpaired) electrons. The van der Waals surface area contributed by atoms with Gasteiger partial charge in [0.1, 0.15) is 0 Å². The van der Waals surface area contributed by atoms with Gasteiger partial charge in [-0.05, 0) is 24.7 Å². The van der Waals surface area contributed by atoms with Crippen LogP contribution in [0.4, 0.5) is 0 Å². The highest BCUT2D eigenvalue weighted by molar-refractivity contribution is 14.0. The fourth-order valence-corrected chi connectivity index (χ4v) is 2.58. The molecule has 1 fully saturated rings. The molecule has 1 heterocycles. The second-order valence-corrected chi connectivity index (χ2v) is 4.91. The molecule has 0 aromatic rings. The lowest BCUT2D eigenvalue weighted by Gasteiger charge is -2.29. The van der Waals surface area contributed by atoms with Gasteiger partial charge in [-0.15, -0.1) is 24.0 Å². The Bertz CT molecular complexity index is 230. The summed E-state index contributed by atoms with van der Waals surface area (Å²) in [7, 11) is 0. The van der Waals surface area contributed by atoms with Gasteiger partial charge in [0, 0.05) is 19.6 Å². The van der Waals surface area contributed by atoms with Gasteiger partial charge in [-0.25, -0.2) is 0 Å². The highest BCUT2D eigenvalue weighted by Gasteiger charge is 2.21. The van der Waals surface area contributed by atoms with Crippen molar-refractivity contribution in [1.82, 2.24) is 10.6 Å². The van der Waals surface area contributed by atoms with Gasteiger partial charge in [0.2, 0.25) is 0 Å². The Balaban J connectivity index is 0.00000128. The van der Waals surface area contributed by atoms with Gasteiger partial charge in [0.25, 0.3) is 0 Å². The van der Waals surface area contributed by atoms with Crippen molar-refractivity contribution < 1.29 is 0 Å². The van der Waals surface area contributed by atoms with E-state index >= 15 is 0 Å². The summed E-state index contributed by atoms with van der Waals surface area (Å²) < 4.78 is 0. The van der Waals surface area contributed by atoms with Crippen LogP contribution >= 0.6 is 24.0 Å². The van der Waals surface area contributed by atoms with Crippen LogP contribution in [0, 0.1) is 11.8 Å². The lowest BCUT2D eigenvalue weighted by Crippen LogP contribution is -2.43. The predicted molar refractivity (Wildman–Crippen MR) is 79.5 cm³/mol. The van der Waals surface area contributed by atoms with Gasteiger partial charge in [0.15, 0.2) is 5.96 Å². The average Bonchev–Trinajstić information content (AvgIpc) is 2.29. The number of aliphatic imine (C=N–C) groups is 1. The number of guanidine groups is 1. The number of hydrogen-bond acceptors (Lipinski definition) is 3. The first kappa shape index (κ1) is 14.1. The minimum absolute atomic E-state index is 0. The number of nitrogens with one attached hydrogen (secondary N) is 2. The van der Waals surface area contributed by atoms with Crippen LogP contribution in [0.25, 0.3) is 0 Å². The molecule has 0 spiro atoms. The van der Waals surface area contributed by atoms with Crippen LogP contribution in [-0.4, -0.2) is 25.6 Å². The lowest BCUT2D eigenvalue weighted by atomic mass is 9.80. The van der Waals surface area contributed by atoms with Crippen molar-refractivity contribution in [2.45, 2.75) is 39.0 Å². The highest BCUT2D eigenvalue weighted by atomic mass is 127. The van der Waals surface area contributed by atoms with E-state index in [4.69, 9.17) is 0 Å². The lowest BCUT2D eigenvalue weighted by molar-refractivity contribution is 0.256. The molecule has 2 aliphatic rings. The summed E-state index contributed by atoms with van der Waals surface area (Å²) in [6.45, 7) is 5.55. The molecule has 0 saturated heterocycles. The van der Waals surface area contributed by atoms with Crippen molar-refractivity contribution in [3.8, 4) is 0 Å². The molecule has 4 heteroatoms. The first-order chi connectivity index (χ1) is 7.36. The molecule has 1 aliphatic carbocycles. The maximum atomic E-state index is 4.43. The van der Waals surface area contributed by atoms with Gasteiger partial charge in [0.05, 0.1) is 0 Å². The van der Waals surface area contributed by atoms with Crippen molar-refractivity contribution in [3.63, 3.8) is 0 Å². The van der Waals surface area contributed by atoms with Crippen molar-refractivity contribution >= 4 is 29.9 Å². The zero-order valence-corrected chi connectivity index (χ0v) is 12.5. The fourth-order valence-electron chi connectivity index (χ4n) is 2.58. The van der Waals surface area contributed by atoms with Crippen molar-refractivity contribution in [3.05, 3.63) is 0 Å². The van der Waals surface area contributed by atoms with Gasteiger partial charge >= 0.3 is 0 Å². The monoisotopic (exact) mass is 337 g/mol. The summed E-state index contributed by atoms with van der Waals surface area (Å²) in [6.07, 6.45) is 6.81. The zero-order chi connectivity index (χ0) is 10.5. The molecule has 2 N–H and O–H groups in total. The van der Waals surface area contributed by atoms with Crippen molar-refractivity contribution in [1.29, 1.82) is 0 Å². The first-order valence-electron chi connectivity index (χ1n) is 6.38. The molecule has 0 bridgehead atoms. The summed E-state index contributed by atoms with van der Waals surface area (Å²) in [5.41, 5.74) is 0. The van der Waals surface area contributed by atoms with E-state index in [1.54, 1.807) is 0 Å². The first-order valence-corrected chi connectivity index (χ1v) is 6.38. The smallest absolute Gasteiger partial charge is 0.191 e. The summed E-state index contributed by atoms with van der Waals surface area (Å²) in [5, 5.41) is 6.77. The standard InChI is InChI=1S/C12H23N3.HI/c1-10-5-2-3-6-11(10)9-15-12-13-7-4-8-14-12;/h10-11H,2-9H2,1H3,(H2,13,14,15);1H. The quantitative estimate of drug-likeness (QED) is 0.759. The molecule has 0 amide bonds. The van der Waals surface area contributed by atoms with E-state index in [2.05, 4.69) is 22.5 Å². The Morgan fingerprint density at radius 3 is 2.81 bits per heavy atom. The van der Waals surface area contributed by atoms with E-state index in [0.29, 0.717) is 0 Å². The van der Waals surface area contributed by atoms with Gasteiger partial charge < -0.3 is 10.6 Å². The Hall–Kier alpha value is 0. The van der Waals surface area contributed by atoms with Crippen LogP contribution in [-0.2, 0) is 0 Å². The maximum absolute atomic E-state index is 4.43. The van der Waals surface area contributed by atoms with Gasteiger partial charge in [-0.1, -0.05) is 26.2 Å². The highest BCUT2D eigenvalue weighted by Crippen LogP contribution is 2.28. The van der Waals surface area contributed by atoms with Crippen LogP contribution in [0.1, 0.15) is 39.0 Å². The number of halogens is 1. The molecular formula is C12H24IN3.